The molecule has 0 atom stereocenters. The summed E-state index contributed by atoms with van der Waals surface area (Å²) in [6.07, 6.45) is -4.35. The monoisotopic (exact) mass is 415 g/mol. The van der Waals surface area contributed by atoms with Gasteiger partial charge >= 0.3 is 6.18 Å². The van der Waals surface area contributed by atoms with Crippen LogP contribution in [0.2, 0.25) is 0 Å². The zero-order valence-electron chi connectivity index (χ0n) is 17.6. The first kappa shape index (κ1) is 21.6. The molecule has 3 rings (SSSR count). The molecule has 7 heteroatoms. The van der Waals surface area contributed by atoms with Crippen molar-refractivity contribution in [3.63, 3.8) is 0 Å². The average molecular weight is 415 g/mol. The van der Waals surface area contributed by atoms with Crippen molar-refractivity contribution < 1.29 is 18.0 Å². The summed E-state index contributed by atoms with van der Waals surface area (Å²) in [5.41, 5.74) is 5.38. The molecule has 0 fully saturated rings. The Kier molecular flexibility index (Phi) is 5.74. The summed E-state index contributed by atoms with van der Waals surface area (Å²) in [7, 11) is 0. The van der Waals surface area contributed by atoms with Crippen LogP contribution in [0.1, 0.15) is 39.2 Å². The number of hydrogen-bond acceptors (Lipinski definition) is 2. The summed E-state index contributed by atoms with van der Waals surface area (Å²) in [5, 5.41) is 7.34. The Labute approximate surface area is 173 Å². The van der Waals surface area contributed by atoms with Crippen LogP contribution in [-0.2, 0) is 17.4 Å². The number of aromatic nitrogens is 2. The summed E-state index contributed by atoms with van der Waals surface area (Å²) in [6, 6.07) is 9.01. The molecular formula is C23H24F3N3O. The van der Waals surface area contributed by atoms with Gasteiger partial charge in [0.05, 0.1) is 23.4 Å². The fraction of sp³-hybridized carbons (Fsp3) is 0.304. The smallest absolute Gasteiger partial charge is 0.325 e. The van der Waals surface area contributed by atoms with E-state index in [1.54, 1.807) is 19.9 Å². The summed E-state index contributed by atoms with van der Waals surface area (Å²) < 4.78 is 40.6. The van der Waals surface area contributed by atoms with Crippen molar-refractivity contribution in [3.8, 4) is 5.69 Å². The number of amides is 1. The first-order valence-electron chi connectivity index (χ1n) is 9.58. The van der Waals surface area contributed by atoms with E-state index in [0.29, 0.717) is 22.6 Å². The van der Waals surface area contributed by atoms with Crippen LogP contribution in [0.15, 0.2) is 36.4 Å². The molecule has 4 nitrogen and oxygen atoms in total. The fourth-order valence-electron chi connectivity index (χ4n) is 3.72. The molecule has 1 aromatic heterocycles. The molecule has 0 bridgehead atoms. The second-order valence-corrected chi connectivity index (χ2v) is 7.61. The Hall–Kier alpha value is -3.09. The minimum absolute atomic E-state index is 0.0867. The highest BCUT2D eigenvalue weighted by atomic mass is 19.4. The molecule has 1 N–H and O–H groups in total. The van der Waals surface area contributed by atoms with Gasteiger partial charge in [-0.2, -0.15) is 18.3 Å². The topological polar surface area (TPSA) is 46.9 Å². The second-order valence-electron chi connectivity index (χ2n) is 7.61. The molecule has 158 valence electrons. The lowest BCUT2D eigenvalue weighted by Crippen LogP contribution is -2.17. The van der Waals surface area contributed by atoms with Crippen LogP contribution < -0.4 is 5.32 Å². The van der Waals surface area contributed by atoms with Gasteiger partial charge in [0.1, 0.15) is 0 Å². The van der Waals surface area contributed by atoms with E-state index < -0.39 is 11.7 Å². The Morgan fingerprint density at radius 3 is 2.27 bits per heavy atom. The quantitative estimate of drug-likeness (QED) is 0.602. The summed E-state index contributed by atoms with van der Waals surface area (Å²) >= 11 is 0. The minimum atomic E-state index is -4.43. The normalized spacial score (nSPS) is 11.6. The first-order chi connectivity index (χ1) is 14.0. The number of carbonyl (C=O) groups is 1. The third-order valence-electron chi connectivity index (χ3n) is 5.14. The number of nitrogens with zero attached hydrogens (tertiary/aromatic N) is 2. The number of rotatable bonds is 4. The Bertz CT molecular complexity index is 1090. The number of hydrogen-bond donors (Lipinski definition) is 1. The standard InChI is InChI=1S/C23H24F3N3O/c1-13-9-14(2)22(15(3)10-13)27-21(30)12-20-16(4)28-29(17(20)5)19-8-6-7-18(11-19)23(24,25)26/h6-11H,12H2,1-5H3,(H,27,30). The lowest BCUT2D eigenvalue weighted by molar-refractivity contribution is -0.137. The van der Waals surface area contributed by atoms with Gasteiger partial charge in [-0.3, -0.25) is 4.79 Å². The van der Waals surface area contributed by atoms with Gasteiger partial charge in [-0.05, 0) is 63.9 Å². The zero-order valence-corrected chi connectivity index (χ0v) is 17.6. The summed E-state index contributed by atoms with van der Waals surface area (Å²) in [4.78, 5) is 12.7. The number of anilines is 1. The van der Waals surface area contributed by atoms with Crippen molar-refractivity contribution >= 4 is 11.6 Å². The minimum Gasteiger partial charge on any atom is -0.325 e. The first-order valence-corrected chi connectivity index (χ1v) is 9.58. The molecule has 2 aromatic carbocycles. The van der Waals surface area contributed by atoms with Crippen molar-refractivity contribution in [2.24, 2.45) is 0 Å². The van der Waals surface area contributed by atoms with Crippen LogP contribution in [0.4, 0.5) is 18.9 Å². The van der Waals surface area contributed by atoms with Crippen LogP contribution in [0.3, 0.4) is 0 Å². The maximum Gasteiger partial charge on any atom is 0.416 e. The van der Waals surface area contributed by atoms with E-state index in [1.165, 1.54) is 10.7 Å². The number of halogens is 3. The fourth-order valence-corrected chi connectivity index (χ4v) is 3.72. The largest absolute Gasteiger partial charge is 0.416 e. The van der Waals surface area contributed by atoms with Gasteiger partial charge in [-0.25, -0.2) is 4.68 Å². The van der Waals surface area contributed by atoms with Crippen molar-refractivity contribution in [2.75, 3.05) is 5.32 Å². The third kappa shape index (κ3) is 4.40. The highest BCUT2D eigenvalue weighted by molar-refractivity contribution is 5.94. The molecule has 0 spiro atoms. The van der Waals surface area contributed by atoms with Crippen LogP contribution in [0.5, 0.6) is 0 Å². The van der Waals surface area contributed by atoms with E-state index in [-0.39, 0.29) is 12.3 Å². The molecule has 3 aromatic rings. The predicted octanol–water partition coefficient (Wildman–Crippen LogP) is 5.61. The van der Waals surface area contributed by atoms with Gasteiger partial charge < -0.3 is 5.32 Å². The van der Waals surface area contributed by atoms with Gasteiger partial charge in [-0.1, -0.05) is 23.8 Å². The van der Waals surface area contributed by atoms with E-state index in [1.807, 2.05) is 32.9 Å². The highest BCUT2D eigenvalue weighted by Crippen LogP contribution is 2.31. The van der Waals surface area contributed by atoms with E-state index in [2.05, 4.69) is 10.4 Å². The van der Waals surface area contributed by atoms with Crippen LogP contribution >= 0.6 is 0 Å². The zero-order chi connectivity index (χ0) is 22.2. The number of benzene rings is 2. The van der Waals surface area contributed by atoms with Gasteiger partial charge in [0, 0.05) is 16.9 Å². The molecule has 0 radical (unpaired) electrons. The van der Waals surface area contributed by atoms with Gasteiger partial charge in [0.25, 0.3) is 0 Å². The van der Waals surface area contributed by atoms with Gasteiger partial charge in [0.15, 0.2) is 0 Å². The molecule has 0 saturated carbocycles. The number of alkyl halides is 3. The van der Waals surface area contributed by atoms with Crippen molar-refractivity contribution in [2.45, 2.75) is 47.2 Å². The SMILES string of the molecule is Cc1cc(C)c(NC(=O)Cc2c(C)nn(-c3cccc(C(F)(F)F)c3)c2C)c(C)c1. The maximum absolute atomic E-state index is 13.1. The molecule has 0 aliphatic rings. The Morgan fingerprint density at radius 2 is 1.67 bits per heavy atom. The molecular weight excluding hydrogens is 391 g/mol. The summed E-state index contributed by atoms with van der Waals surface area (Å²) in [5.74, 6) is -0.195. The molecule has 1 heterocycles. The van der Waals surface area contributed by atoms with Crippen LogP contribution in [0, 0.1) is 34.6 Å². The molecule has 0 aliphatic heterocycles. The van der Waals surface area contributed by atoms with Gasteiger partial charge in [0.2, 0.25) is 5.91 Å². The molecule has 0 aliphatic carbocycles. The summed E-state index contributed by atoms with van der Waals surface area (Å²) in [6.45, 7) is 9.39. The molecule has 1 amide bonds. The molecule has 0 unspecified atom stereocenters. The second kappa shape index (κ2) is 7.97. The van der Waals surface area contributed by atoms with Crippen molar-refractivity contribution in [1.29, 1.82) is 0 Å². The van der Waals surface area contributed by atoms with Crippen molar-refractivity contribution in [1.82, 2.24) is 9.78 Å². The van der Waals surface area contributed by atoms with Gasteiger partial charge in [-0.15, -0.1) is 0 Å². The van der Waals surface area contributed by atoms with E-state index in [0.717, 1.165) is 34.5 Å². The Morgan fingerprint density at radius 1 is 1.03 bits per heavy atom. The lowest BCUT2D eigenvalue weighted by Gasteiger charge is -2.13. The van der Waals surface area contributed by atoms with E-state index >= 15 is 0 Å². The average Bonchev–Trinajstić information content (AvgIpc) is 2.92. The predicted molar refractivity (Wildman–Crippen MR) is 111 cm³/mol. The number of aryl methyl sites for hydroxylation is 4. The maximum atomic E-state index is 13.1. The van der Waals surface area contributed by atoms with E-state index in [9.17, 15) is 18.0 Å². The van der Waals surface area contributed by atoms with Crippen LogP contribution in [0.25, 0.3) is 5.69 Å². The van der Waals surface area contributed by atoms with Crippen molar-refractivity contribution in [3.05, 3.63) is 75.6 Å². The number of carbonyl (C=O) groups excluding carboxylic acids is 1. The van der Waals surface area contributed by atoms with Crippen LogP contribution in [-0.4, -0.2) is 15.7 Å². The molecule has 30 heavy (non-hydrogen) atoms. The highest BCUT2D eigenvalue weighted by Gasteiger charge is 2.30. The Balaban J connectivity index is 1.87. The van der Waals surface area contributed by atoms with E-state index in [4.69, 9.17) is 0 Å². The lowest BCUT2D eigenvalue weighted by atomic mass is 10.0. The molecule has 0 saturated heterocycles. The third-order valence-corrected chi connectivity index (χ3v) is 5.14. The number of nitrogens with one attached hydrogen (secondary N) is 1.